The molecule has 0 aliphatic carbocycles. The second-order valence-electron chi connectivity index (χ2n) is 5.93. The van der Waals surface area contributed by atoms with Crippen molar-refractivity contribution in [2.45, 2.75) is 11.6 Å². The van der Waals surface area contributed by atoms with Crippen LogP contribution in [-0.4, -0.2) is 36.6 Å². The van der Waals surface area contributed by atoms with Crippen LogP contribution < -0.4 is 5.32 Å². The van der Waals surface area contributed by atoms with E-state index in [1.165, 1.54) is 18.1 Å². The minimum atomic E-state index is -0.115. The average Bonchev–Trinajstić information content (AvgIpc) is 3.12. The van der Waals surface area contributed by atoms with Crippen molar-refractivity contribution >= 4 is 50.5 Å². The zero-order chi connectivity index (χ0) is 19.3. The molecule has 2 aromatic heterocycles. The van der Waals surface area contributed by atoms with Crippen LogP contribution in [0.15, 0.2) is 70.4 Å². The SMILES string of the molecule is O=C(CSc1ncnc2c1nnn2Cc1ccccc1)Nc1ccc(Br)cc1. The standard InChI is InChI=1S/C19H15BrN6OS/c20-14-6-8-15(9-7-14)23-16(27)11-28-19-17-18(21-12-22-19)26(25-24-17)10-13-4-2-1-3-5-13/h1-9,12H,10-11H2,(H,23,27). The third kappa shape index (κ3) is 4.37. The Balaban J connectivity index is 1.45. The fraction of sp³-hybridized carbons (Fsp3) is 0.105. The van der Waals surface area contributed by atoms with Gasteiger partial charge in [-0.25, -0.2) is 14.6 Å². The number of anilines is 1. The van der Waals surface area contributed by atoms with Crippen LogP contribution in [0.2, 0.25) is 0 Å². The Morgan fingerprint density at radius 2 is 1.86 bits per heavy atom. The highest BCUT2D eigenvalue weighted by Crippen LogP contribution is 2.23. The summed E-state index contributed by atoms with van der Waals surface area (Å²) >= 11 is 4.68. The number of carbonyl (C=O) groups excluding carboxylic acids is 1. The van der Waals surface area contributed by atoms with Gasteiger partial charge >= 0.3 is 0 Å². The summed E-state index contributed by atoms with van der Waals surface area (Å²) in [5.74, 6) is 0.101. The Hall–Kier alpha value is -2.78. The van der Waals surface area contributed by atoms with Gasteiger partial charge in [0.1, 0.15) is 11.4 Å². The molecular weight excluding hydrogens is 440 g/mol. The van der Waals surface area contributed by atoms with Gasteiger partial charge in [0.05, 0.1) is 12.3 Å². The molecule has 1 N–H and O–H groups in total. The molecule has 2 aromatic carbocycles. The summed E-state index contributed by atoms with van der Waals surface area (Å²) in [6, 6.07) is 17.4. The average molecular weight is 455 g/mol. The van der Waals surface area contributed by atoms with E-state index in [9.17, 15) is 4.79 Å². The van der Waals surface area contributed by atoms with Crippen LogP contribution in [-0.2, 0) is 11.3 Å². The number of hydrogen-bond donors (Lipinski definition) is 1. The second kappa shape index (κ2) is 8.49. The summed E-state index contributed by atoms with van der Waals surface area (Å²) in [6.45, 7) is 0.572. The summed E-state index contributed by atoms with van der Waals surface area (Å²) in [5, 5.41) is 11.9. The Morgan fingerprint density at radius 3 is 2.64 bits per heavy atom. The molecule has 0 fully saturated rings. The first-order valence-electron chi connectivity index (χ1n) is 8.45. The predicted molar refractivity (Wildman–Crippen MR) is 112 cm³/mol. The maximum absolute atomic E-state index is 12.2. The van der Waals surface area contributed by atoms with Crippen LogP contribution in [0.1, 0.15) is 5.56 Å². The lowest BCUT2D eigenvalue weighted by Crippen LogP contribution is -2.14. The molecule has 0 radical (unpaired) electrons. The number of benzene rings is 2. The highest BCUT2D eigenvalue weighted by molar-refractivity contribution is 9.10. The molecule has 0 saturated carbocycles. The predicted octanol–water partition coefficient (Wildman–Crippen LogP) is 3.76. The number of thioether (sulfide) groups is 1. The zero-order valence-corrected chi connectivity index (χ0v) is 17.0. The van der Waals surface area contributed by atoms with E-state index in [0.29, 0.717) is 22.7 Å². The molecule has 0 bridgehead atoms. The number of aromatic nitrogens is 5. The van der Waals surface area contributed by atoms with Crippen LogP contribution in [0, 0.1) is 0 Å². The fourth-order valence-corrected chi connectivity index (χ4v) is 3.60. The Labute approximate surface area is 173 Å². The molecule has 0 aliphatic heterocycles. The molecule has 1 amide bonds. The van der Waals surface area contributed by atoms with E-state index in [-0.39, 0.29) is 11.7 Å². The molecule has 0 spiro atoms. The normalized spacial score (nSPS) is 10.9. The van der Waals surface area contributed by atoms with Crippen molar-refractivity contribution in [3.05, 3.63) is 71.0 Å². The first kappa shape index (κ1) is 18.6. The monoisotopic (exact) mass is 454 g/mol. The topological polar surface area (TPSA) is 85.6 Å². The quantitative estimate of drug-likeness (QED) is 0.352. The molecule has 0 saturated heterocycles. The number of fused-ring (bicyclic) bond motifs is 1. The minimum absolute atomic E-state index is 0.115. The van der Waals surface area contributed by atoms with Gasteiger partial charge in [-0.1, -0.05) is 63.2 Å². The van der Waals surface area contributed by atoms with E-state index in [1.807, 2.05) is 54.6 Å². The van der Waals surface area contributed by atoms with Crippen molar-refractivity contribution in [1.82, 2.24) is 25.0 Å². The van der Waals surface area contributed by atoms with E-state index in [2.05, 4.69) is 41.5 Å². The van der Waals surface area contributed by atoms with Crippen molar-refractivity contribution in [1.29, 1.82) is 0 Å². The van der Waals surface area contributed by atoms with Gasteiger partial charge in [0.15, 0.2) is 11.2 Å². The first-order valence-corrected chi connectivity index (χ1v) is 10.2. The summed E-state index contributed by atoms with van der Waals surface area (Å²) in [6.07, 6.45) is 1.47. The molecule has 2 heterocycles. The molecule has 0 atom stereocenters. The van der Waals surface area contributed by atoms with Crippen LogP contribution in [0.3, 0.4) is 0 Å². The highest BCUT2D eigenvalue weighted by atomic mass is 79.9. The number of amides is 1. The molecule has 0 unspecified atom stereocenters. The van der Waals surface area contributed by atoms with E-state index in [1.54, 1.807) is 4.68 Å². The van der Waals surface area contributed by atoms with Gasteiger partial charge in [-0.2, -0.15) is 0 Å². The minimum Gasteiger partial charge on any atom is -0.325 e. The van der Waals surface area contributed by atoms with Gasteiger partial charge in [0.25, 0.3) is 0 Å². The van der Waals surface area contributed by atoms with Crippen LogP contribution >= 0.6 is 27.7 Å². The van der Waals surface area contributed by atoms with Crippen molar-refractivity contribution in [3.8, 4) is 0 Å². The van der Waals surface area contributed by atoms with Crippen molar-refractivity contribution < 1.29 is 4.79 Å². The van der Waals surface area contributed by atoms with Gasteiger partial charge in [0.2, 0.25) is 5.91 Å². The summed E-state index contributed by atoms with van der Waals surface area (Å²) in [4.78, 5) is 20.8. The number of rotatable bonds is 6. The van der Waals surface area contributed by atoms with Crippen LogP contribution in [0.5, 0.6) is 0 Å². The molecule has 140 valence electrons. The van der Waals surface area contributed by atoms with Gasteiger partial charge in [0, 0.05) is 10.2 Å². The highest BCUT2D eigenvalue weighted by Gasteiger charge is 2.14. The zero-order valence-electron chi connectivity index (χ0n) is 14.6. The lowest BCUT2D eigenvalue weighted by molar-refractivity contribution is -0.113. The molecule has 0 aliphatic rings. The summed E-state index contributed by atoms with van der Waals surface area (Å²) < 4.78 is 2.69. The molecular formula is C19H15BrN6OS. The van der Waals surface area contributed by atoms with E-state index < -0.39 is 0 Å². The van der Waals surface area contributed by atoms with Crippen LogP contribution in [0.4, 0.5) is 5.69 Å². The molecule has 28 heavy (non-hydrogen) atoms. The largest absolute Gasteiger partial charge is 0.325 e. The lowest BCUT2D eigenvalue weighted by atomic mass is 10.2. The third-order valence-electron chi connectivity index (χ3n) is 3.91. The number of nitrogens with one attached hydrogen (secondary N) is 1. The third-order valence-corrected chi connectivity index (χ3v) is 5.42. The van der Waals surface area contributed by atoms with Gasteiger partial charge in [-0.05, 0) is 29.8 Å². The van der Waals surface area contributed by atoms with Gasteiger partial charge in [-0.15, -0.1) is 5.10 Å². The number of carbonyl (C=O) groups is 1. The Morgan fingerprint density at radius 1 is 1.07 bits per heavy atom. The summed E-state index contributed by atoms with van der Waals surface area (Å²) in [5.41, 5.74) is 3.10. The molecule has 4 rings (SSSR count). The maximum atomic E-state index is 12.2. The first-order chi connectivity index (χ1) is 13.7. The number of hydrogen-bond acceptors (Lipinski definition) is 6. The molecule has 9 heteroatoms. The van der Waals surface area contributed by atoms with Crippen LogP contribution in [0.25, 0.3) is 11.2 Å². The van der Waals surface area contributed by atoms with E-state index >= 15 is 0 Å². The Bertz CT molecular complexity index is 1100. The van der Waals surface area contributed by atoms with Gasteiger partial charge < -0.3 is 5.32 Å². The second-order valence-corrected chi connectivity index (χ2v) is 7.81. The number of halogens is 1. The van der Waals surface area contributed by atoms with E-state index in [4.69, 9.17) is 0 Å². The van der Waals surface area contributed by atoms with Gasteiger partial charge in [-0.3, -0.25) is 4.79 Å². The Kier molecular flexibility index (Phi) is 5.63. The smallest absolute Gasteiger partial charge is 0.234 e. The number of nitrogens with zero attached hydrogens (tertiary/aromatic N) is 5. The lowest BCUT2D eigenvalue weighted by Gasteiger charge is -2.05. The molecule has 7 nitrogen and oxygen atoms in total. The maximum Gasteiger partial charge on any atom is 0.234 e. The van der Waals surface area contributed by atoms with Crippen molar-refractivity contribution in [2.75, 3.05) is 11.1 Å². The van der Waals surface area contributed by atoms with Crippen molar-refractivity contribution in [2.24, 2.45) is 0 Å². The summed E-state index contributed by atoms with van der Waals surface area (Å²) in [7, 11) is 0. The fourth-order valence-electron chi connectivity index (χ4n) is 2.60. The van der Waals surface area contributed by atoms with E-state index in [0.717, 1.165) is 15.7 Å². The molecule has 4 aromatic rings. The van der Waals surface area contributed by atoms with Crippen molar-refractivity contribution in [3.63, 3.8) is 0 Å².